The van der Waals surface area contributed by atoms with Crippen molar-refractivity contribution in [1.82, 2.24) is 9.88 Å². The molecule has 0 fully saturated rings. The zero-order chi connectivity index (χ0) is 12.0. The van der Waals surface area contributed by atoms with Crippen molar-refractivity contribution in [1.29, 1.82) is 5.26 Å². The summed E-state index contributed by atoms with van der Waals surface area (Å²) in [5.74, 6) is 0.824. The normalized spacial score (nSPS) is 12.2. The molecule has 1 heterocycles. The van der Waals surface area contributed by atoms with Crippen molar-refractivity contribution in [3.8, 4) is 6.07 Å². The van der Waals surface area contributed by atoms with E-state index in [1.165, 1.54) is 0 Å². The Kier molecular flexibility index (Phi) is 4.74. The topological polar surface area (TPSA) is 52.0 Å². The van der Waals surface area contributed by atoms with Crippen molar-refractivity contribution in [2.75, 3.05) is 26.0 Å². The lowest BCUT2D eigenvalue weighted by molar-refractivity contribution is 0.390. The van der Waals surface area contributed by atoms with Crippen molar-refractivity contribution in [2.45, 2.75) is 19.4 Å². The molecule has 16 heavy (non-hydrogen) atoms. The molecule has 4 heteroatoms. The van der Waals surface area contributed by atoms with Crippen LogP contribution in [0.2, 0.25) is 0 Å². The Labute approximate surface area is 96.9 Å². The maximum Gasteiger partial charge on any atom is 0.126 e. The molecule has 4 nitrogen and oxygen atoms in total. The van der Waals surface area contributed by atoms with E-state index < -0.39 is 0 Å². The molecule has 1 rings (SSSR count). The van der Waals surface area contributed by atoms with Gasteiger partial charge >= 0.3 is 0 Å². The van der Waals surface area contributed by atoms with Crippen molar-refractivity contribution in [3.05, 3.63) is 23.9 Å². The van der Waals surface area contributed by atoms with Crippen LogP contribution in [0.3, 0.4) is 0 Å². The molecule has 1 N–H and O–H groups in total. The fraction of sp³-hybridized carbons (Fsp3) is 0.500. The molecule has 86 valence electrons. The van der Waals surface area contributed by atoms with Crippen LogP contribution in [0.15, 0.2) is 18.3 Å². The number of nitriles is 1. The minimum Gasteiger partial charge on any atom is -0.368 e. The van der Waals surface area contributed by atoms with Gasteiger partial charge in [-0.15, -0.1) is 0 Å². The Hall–Kier alpha value is -1.60. The van der Waals surface area contributed by atoms with Crippen molar-refractivity contribution in [2.24, 2.45) is 0 Å². The lowest BCUT2D eigenvalue weighted by atomic mass is 10.2. The molecular formula is C12H18N4. The van der Waals surface area contributed by atoms with E-state index in [4.69, 9.17) is 5.26 Å². The number of aromatic nitrogens is 1. The zero-order valence-corrected chi connectivity index (χ0v) is 10.1. The molecule has 1 aromatic heterocycles. The summed E-state index contributed by atoms with van der Waals surface area (Å²) >= 11 is 0. The molecular weight excluding hydrogens is 200 g/mol. The third kappa shape index (κ3) is 4.28. The summed E-state index contributed by atoms with van der Waals surface area (Å²) in [6.07, 6.45) is 2.65. The van der Waals surface area contributed by atoms with E-state index >= 15 is 0 Å². The first kappa shape index (κ1) is 12.5. The van der Waals surface area contributed by atoms with Gasteiger partial charge in [0.2, 0.25) is 0 Å². The average molecular weight is 218 g/mol. The first-order valence-electron chi connectivity index (χ1n) is 5.39. The van der Waals surface area contributed by atoms with Gasteiger partial charge in [0.05, 0.1) is 5.56 Å². The molecule has 0 amide bonds. The number of nitrogens with one attached hydrogen (secondary N) is 1. The van der Waals surface area contributed by atoms with E-state index in [1.807, 2.05) is 6.07 Å². The zero-order valence-electron chi connectivity index (χ0n) is 10.1. The first-order valence-corrected chi connectivity index (χ1v) is 5.39. The second kappa shape index (κ2) is 6.09. The maximum absolute atomic E-state index is 8.64. The van der Waals surface area contributed by atoms with Gasteiger partial charge in [0.25, 0.3) is 0 Å². The van der Waals surface area contributed by atoms with Gasteiger partial charge in [-0.1, -0.05) is 0 Å². The van der Waals surface area contributed by atoms with E-state index in [2.05, 4.69) is 42.3 Å². The first-order chi connectivity index (χ1) is 7.61. The molecule has 0 aromatic carbocycles. The van der Waals surface area contributed by atoms with E-state index in [9.17, 15) is 0 Å². The fourth-order valence-electron chi connectivity index (χ4n) is 1.32. The monoisotopic (exact) mass is 218 g/mol. The van der Waals surface area contributed by atoms with Crippen LogP contribution in [0.1, 0.15) is 18.9 Å². The number of hydrogen-bond acceptors (Lipinski definition) is 4. The lowest BCUT2D eigenvalue weighted by Gasteiger charge is -2.17. The Morgan fingerprint density at radius 1 is 1.50 bits per heavy atom. The van der Waals surface area contributed by atoms with E-state index in [0.29, 0.717) is 11.6 Å². The van der Waals surface area contributed by atoms with E-state index in [-0.39, 0.29) is 0 Å². The Morgan fingerprint density at radius 3 is 2.75 bits per heavy atom. The van der Waals surface area contributed by atoms with E-state index in [1.54, 1.807) is 12.3 Å². The third-order valence-corrected chi connectivity index (χ3v) is 2.30. The summed E-state index contributed by atoms with van der Waals surface area (Å²) in [6, 6.07) is 6.04. The number of anilines is 1. The van der Waals surface area contributed by atoms with Crippen LogP contribution in [0.4, 0.5) is 5.82 Å². The van der Waals surface area contributed by atoms with Crippen molar-refractivity contribution >= 4 is 5.82 Å². The Balaban J connectivity index is 2.44. The van der Waals surface area contributed by atoms with Crippen LogP contribution in [-0.2, 0) is 0 Å². The molecule has 0 aliphatic carbocycles. The SMILES string of the molecule is CC(CCN(C)C)Nc1ccc(C#N)cn1. The second-order valence-electron chi connectivity index (χ2n) is 4.18. The van der Waals surface area contributed by atoms with Crippen LogP contribution in [0.5, 0.6) is 0 Å². The summed E-state index contributed by atoms with van der Waals surface area (Å²) in [5.41, 5.74) is 0.589. The standard InChI is InChI=1S/C12H18N4/c1-10(6-7-16(2)3)15-12-5-4-11(8-13)9-14-12/h4-5,9-10H,6-7H2,1-3H3,(H,14,15). The number of nitrogens with zero attached hydrogens (tertiary/aromatic N) is 3. The quantitative estimate of drug-likeness (QED) is 0.817. The lowest BCUT2D eigenvalue weighted by Crippen LogP contribution is -2.23. The van der Waals surface area contributed by atoms with Gasteiger partial charge < -0.3 is 10.2 Å². The van der Waals surface area contributed by atoms with Crippen LogP contribution < -0.4 is 5.32 Å². The number of pyridine rings is 1. The molecule has 1 aromatic rings. The molecule has 0 aliphatic heterocycles. The molecule has 0 saturated heterocycles. The third-order valence-electron chi connectivity index (χ3n) is 2.30. The minimum absolute atomic E-state index is 0.378. The highest BCUT2D eigenvalue weighted by Crippen LogP contribution is 2.07. The second-order valence-corrected chi connectivity index (χ2v) is 4.18. The highest BCUT2D eigenvalue weighted by atomic mass is 15.1. The van der Waals surface area contributed by atoms with Crippen molar-refractivity contribution < 1.29 is 0 Å². The maximum atomic E-state index is 8.64. The predicted molar refractivity (Wildman–Crippen MR) is 65.2 cm³/mol. The van der Waals surface area contributed by atoms with Gasteiger partial charge in [0, 0.05) is 12.2 Å². The van der Waals surface area contributed by atoms with Gasteiger partial charge in [0.1, 0.15) is 11.9 Å². The molecule has 0 radical (unpaired) electrons. The van der Waals surface area contributed by atoms with Crippen molar-refractivity contribution in [3.63, 3.8) is 0 Å². The highest BCUT2D eigenvalue weighted by molar-refractivity contribution is 5.39. The van der Waals surface area contributed by atoms with Gasteiger partial charge in [-0.05, 0) is 46.1 Å². The summed E-state index contributed by atoms with van der Waals surface area (Å²) in [7, 11) is 4.12. The van der Waals surface area contributed by atoms with Crippen LogP contribution in [0, 0.1) is 11.3 Å². The molecule has 0 saturated carbocycles. The summed E-state index contributed by atoms with van der Waals surface area (Å²) in [5, 5.41) is 11.9. The van der Waals surface area contributed by atoms with E-state index in [0.717, 1.165) is 18.8 Å². The smallest absolute Gasteiger partial charge is 0.126 e. The van der Waals surface area contributed by atoms with Gasteiger partial charge in [-0.2, -0.15) is 5.26 Å². The predicted octanol–water partition coefficient (Wildman–Crippen LogP) is 1.71. The molecule has 0 spiro atoms. The van der Waals surface area contributed by atoms with Gasteiger partial charge in [0.15, 0.2) is 0 Å². The average Bonchev–Trinajstić information content (AvgIpc) is 2.27. The summed E-state index contributed by atoms with van der Waals surface area (Å²) in [6.45, 7) is 3.17. The number of rotatable bonds is 5. The largest absolute Gasteiger partial charge is 0.368 e. The summed E-state index contributed by atoms with van der Waals surface area (Å²) < 4.78 is 0. The number of hydrogen-bond donors (Lipinski definition) is 1. The fourth-order valence-corrected chi connectivity index (χ4v) is 1.32. The summed E-state index contributed by atoms with van der Waals surface area (Å²) in [4.78, 5) is 6.33. The minimum atomic E-state index is 0.378. The molecule has 0 bridgehead atoms. The molecule has 0 aliphatic rings. The van der Waals surface area contributed by atoms with Crippen LogP contribution >= 0.6 is 0 Å². The van der Waals surface area contributed by atoms with Crippen LogP contribution in [-0.4, -0.2) is 36.6 Å². The van der Waals surface area contributed by atoms with Gasteiger partial charge in [-0.25, -0.2) is 4.98 Å². The Morgan fingerprint density at radius 2 is 2.25 bits per heavy atom. The van der Waals surface area contributed by atoms with Gasteiger partial charge in [-0.3, -0.25) is 0 Å². The molecule has 1 unspecified atom stereocenters. The molecule has 1 atom stereocenters. The Bertz CT molecular complexity index is 350. The highest BCUT2D eigenvalue weighted by Gasteiger charge is 2.03. The van der Waals surface area contributed by atoms with Crippen LogP contribution in [0.25, 0.3) is 0 Å².